The van der Waals surface area contributed by atoms with Crippen LogP contribution in [0.25, 0.3) is 11.0 Å². The number of nitrogens with zero attached hydrogens (tertiary/aromatic N) is 2. The molecule has 0 amide bonds. The lowest BCUT2D eigenvalue weighted by Crippen LogP contribution is -1.96. The molecule has 4 nitrogen and oxygen atoms in total. The van der Waals surface area contributed by atoms with Gasteiger partial charge in [-0.15, -0.1) is 0 Å². The lowest BCUT2D eigenvalue weighted by Gasteiger charge is -2.00. The zero-order chi connectivity index (χ0) is 11.0. The zero-order valence-electron chi connectivity index (χ0n) is 8.47. The number of hydrogen-bond acceptors (Lipinski definition) is 3. The molecule has 0 aliphatic heterocycles. The summed E-state index contributed by atoms with van der Waals surface area (Å²) in [6.07, 6.45) is 1.48. The van der Waals surface area contributed by atoms with E-state index in [1.54, 1.807) is 0 Å². The molecule has 0 radical (unpaired) electrons. The molecule has 1 N–H and O–H groups in total. The number of aromatic amines is 1. The second-order valence-electron chi connectivity index (χ2n) is 3.27. The van der Waals surface area contributed by atoms with Crippen molar-refractivity contribution in [3.05, 3.63) is 22.2 Å². The second-order valence-corrected chi connectivity index (χ2v) is 3.64. The number of nitrogens with one attached hydrogen (secondary N) is 1. The molecule has 0 aromatic carbocycles. The van der Waals surface area contributed by atoms with Crippen molar-refractivity contribution < 1.29 is 4.79 Å². The third kappa shape index (κ3) is 1.51. The Hall–Kier alpha value is -1.42. The monoisotopic (exact) mass is 223 g/mol. The van der Waals surface area contributed by atoms with Crippen LogP contribution in [0.1, 0.15) is 28.8 Å². The quantitative estimate of drug-likeness (QED) is 0.795. The lowest BCUT2D eigenvalue weighted by atomic mass is 10.1. The molecule has 2 aromatic rings. The fourth-order valence-electron chi connectivity index (χ4n) is 1.65. The van der Waals surface area contributed by atoms with E-state index in [0.717, 1.165) is 23.8 Å². The average Bonchev–Trinajstić information content (AvgIpc) is 2.52. The fourth-order valence-corrected chi connectivity index (χ4v) is 1.88. The molecule has 2 heterocycles. The van der Waals surface area contributed by atoms with E-state index >= 15 is 0 Å². The Bertz CT molecular complexity index is 533. The van der Waals surface area contributed by atoms with Crippen LogP contribution in [-0.4, -0.2) is 21.2 Å². The summed E-state index contributed by atoms with van der Waals surface area (Å²) in [5, 5.41) is 1.07. The van der Waals surface area contributed by atoms with Gasteiger partial charge >= 0.3 is 0 Å². The highest BCUT2D eigenvalue weighted by Crippen LogP contribution is 2.25. The Kier molecular flexibility index (Phi) is 2.44. The Morgan fingerprint density at radius 1 is 1.47 bits per heavy atom. The maximum absolute atomic E-state index is 10.9. The van der Waals surface area contributed by atoms with Crippen molar-refractivity contribution in [2.45, 2.75) is 20.3 Å². The fraction of sp³-hybridized carbons (Fsp3) is 0.300. The first-order valence-electron chi connectivity index (χ1n) is 4.67. The van der Waals surface area contributed by atoms with E-state index < -0.39 is 0 Å². The summed E-state index contributed by atoms with van der Waals surface area (Å²) in [5.41, 5.74) is 1.93. The normalized spacial score (nSPS) is 10.9. The Labute approximate surface area is 91.7 Å². The van der Waals surface area contributed by atoms with Gasteiger partial charge in [0.2, 0.25) is 0 Å². The highest BCUT2D eigenvalue weighted by atomic mass is 35.5. The van der Waals surface area contributed by atoms with E-state index in [1.165, 1.54) is 0 Å². The van der Waals surface area contributed by atoms with Gasteiger partial charge in [0.1, 0.15) is 16.6 Å². The third-order valence-electron chi connectivity index (χ3n) is 2.28. The number of hydrogen-bond donors (Lipinski definition) is 1. The van der Waals surface area contributed by atoms with Gasteiger partial charge in [0.25, 0.3) is 0 Å². The highest BCUT2D eigenvalue weighted by Gasteiger charge is 2.14. The van der Waals surface area contributed by atoms with Gasteiger partial charge in [0, 0.05) is 0 Å². The number of aromatic nitrogens is 3. The van der Waals surface area contributed by atoms with Gasteiger partial charge in [-0.3, -0.25) is 4.79 Å². The summed E-state index contributed by atoms with van der Waals surface area (Å²) in [6, 6.07) is 0. The van der Waals surface area contributed by atoms with Crippen molar-refractivity contribution in [1.29, 1.82) is 0 Å². The summed E-state index contributed by atoms with van der Waals surface area (Å²) >= 11 is 5.89. The molecule has 78 valence electrons. The van der Waals surface area contributed by atoms with Crippen LogP contribution >= 0.6 is 11.6 Å². The van der Waals surface area contributed by atoms with Crippen molar-refractivity contribution in [3.63, 3.8) is 0 Å². The van der Waals surface area contributed by atoms with Crippen LogP contribution in [0, 0.1) is 6.92 Å². The van der Waals surface area contributed by atoms with Crippen LogP contribution in [-0.2, 0) is 6.42 Å². The third-order valence-corrected chi connectivity index (χ3v) is 2.58. The van der Waals surface area contributed by atoms with Crippen LogP contribution in [0.3, 0.4) is 0 Å². The maximum Gasteiger partial charge on any atom is 0.153 e. The molecule has 0 aliphatic rings. The smallest absolute Gasteiger partial charge is 0.153 e. The first-order valence-corrected chi connectivity index (χ1v) is 5.05. The van der Waals surface area contributed by atoms with Crippen molar-refractivity contribution in [2.24, 2.45) is 0 Å². The molecule has 0 aliphatic carbocycles. The number of carbonyl (C=O) groups is 1. The summed E-state index contributed by atoms with van der Waals surface area (Å²) in [7, 11) is 0. The van der Waals surface area contributed by atoms with Gasteiger partial charge in [0.05, 0.1) is 16.6 Å². The number of aryl methyl sites for hydroxylation is 2. The standard InChI is InChI=1S/C10H10ClN3O/c1-3-7-8-6(4-15)9(11)14-10(8)13-5(2)12-7/h4H,3H2,1-2H3,(H,12,13,14). The van der Waals surface area contributed by atoms with Gasteiger partial charge in [0.15, 0.2) is 6.29 Å². The first-order chi connectivity index (χ1) is 7.17. The van der Waals surface area contributed by atoms with E-state index in [2.05, 4.69) is 15.0 Å². The van der Waals surface area contributed by atoms with Crippen LogP contribution in [0.2, 0.25) is 5.15 Å². The molecule has 2 rings (SSSR count). The molecule has 0 saturated heterocycles. The summed E-state index contributed by atoms with van der Waals surface area (Å²) < 4.78 is 0. The molecule has 5 heteroatoms. The number of halogens is 1. The van der Waals surface area contributed by atoms with E-state index in [4.69, 9.17) is 11.6 Å². The summed E-state index contributed by atoms with van der Waals surface area (Å²) in [6.45, 7) is 3.80. The minimum absolute atomic E-state index is 0.328. The predicted molar refractivity (Wildman–Crippen MR) is 58.4 cm³/mol. The van der Waals surface area contributed by atoms with Crippen LogP contribution < -0.4 is 0 Å². The van der Waals surface area contributed by atoms with Crippen LogP contribution in [0.4, 0.5) is 0 Å². The van der Waals surface area contributed by atoms with Gasteiger partial charge in [-0.1, -0.05) is 18.5 Å². The highest BCUT2D eigenvalue weighted by molar-refractivity contribution is 6.33. The molecule has 0 atom stereocenters. The minimum Gasteiger partial charge on any atom is -0.330 e. The van der Waals surface area contributed by atoms with Gasteiger partial charge in [-0.2, -0.15) is 0 Å². The van der Waals surface area contributed by atoms with E-state index in [9.17, 15) is 4.79 Å². The van der Waals surface area contributed by atoms with E-state index in [0.29, 0.717) is 22.2 Å². The topological polar surface area (TPSA) is 58.6 Å². The van der Waals surface area contributed by atoms with Crippen LogP contribution in [0.15, 0.2) is 0 Å². The lowest BCUT2D eigenvalue weighted by molar-refractivity contribution is 0.112. The van der Waals surface area contributed by atoms with Crippen LogP contribution in [0.5, 0.6) is 0 Å². The Morgan fingerprint density at radius 2 is 2.20 bits per heavy atom. The average molecular weight is 224 g/mol. The number of H-pyrrole nitrogens is 1. The van der Waals surface area contributed by atoms with E-state index in [-0.39, 0.29) is 0 Å². The second kappa shape index (κ2) is 3.62. The molecule has 0 fully saturated rings. The zero-order valence-corrected chi connectivity index (χ0v) is 9.22. The van der Waals surface area contributed by atoms with Crippen molar-refractivity contribution in [2.75, 3.05) is 0 Å². The molecule has 2 aromatic heterocycles. The largest absolute Gasteiger partial charge is 0.330 e. The minimum atomic E-state index is 0.328. The molecule has 0 saturated carbocycles. The van der Waals surface area contributed by atoms with Crippen molar-refractivity contribution >= 4 is 28.9 Å². The predicted octanol–water partition coefficient (Wildman–Crippen LogP) is 2.29. The van der Waals surface area contributed by atoms with Gasteiger partial charge < -0.3 is 4.98 Å². The number of fused-ring (bicyclic) bond motifs is 1. The molecule has 0 bridgehead atoms. The van der Waals surface area contributed by atoms with Gasteiger partial charge in [-0.05, 0) is 13.3 Å². The molecular formula is C10H10ClN3O. The molecular weight excluding hydrogens is 214 g/mol. The van der Waals surface area contributed by atoms with Gasteiger partial charge in [-0.25, -0.2) is 9.97 Å². The van der Waals surface area contributed by atoms with Crippen molar-refractivity contribution in [3.8, 4) is 0 Å². The maximum atomic E-state index is 10.9. The molecule has 15 heavy (non-hydrogen) atoms. The molecule has 0 spiro atoms. The summed E-state index contributed by atoms with van der Waals surface area (Å²) in [4.78, 5) is 22.3. The SMILES string of the molecule is CCc1nc(C)nc2[nH]c(Cl)c(C=O)c12. The first kappa shape index (κ1) is 10.1. The Morgan fingerprint density at radius 3 is 2.80 bits per heavy atom. The number of aldehydes is 1. The summed E-state index contributed by atoms with van der Waals surface area (Å²) in [5.74, 6) is 0.676. The number of carbonyl (C=O) groups excluding carboxylic acids is 1. The molecule has 0 unspecified atom stereocenters. The Balaban J connectivity index is 2.91. The van der Waals surface area contributed by atoms with E-state index in [1.807, 2.05) is 13.8 Å². The van der Waals surface area contributed by atoms with Crippen molar-refractivity contribution in [1.82, 2.24) is 15.0 Å². The number of rotatable bonds is 2.